The molecular formula is C46H30N2S. The van der Waals surface area contributed by atoms with Crippen molar-refractivity contribution in [3.63, 3.8) is 0 Å². The summed E-state index contributed by atoms with van der Waals surface area (Å²) in [5, 5.41) is 7.69. The first-order valence-electron chi connectivity index (χ1n) is 16.7. The summed E-state index contributed by atoms with van der Waals surface area (Å²) in [6.45, 7) is 0. The molecule has 49 heavy (non-hydrogen) atoms. The highest BCUT2D eigenvalue weighted by molar-refractivity contribution is 7.26. The zero-order valence-electron chi connectivity index (χ0n) is 26.6. The Hall–Kier alpha value is -6.16. The van der Waals surface area contributed by atoms with Crippen molar-refractivity contribution in [3.8, 4) is 16.8 Å². The maximum atomic E-state index is 2.42. The van der Waals surface area contributed by atoms with E-state index in [2.05, 4.69) is 191 Å². The van der Waals surface area contributed by atoms with Crippen molar-refractivity contribution in [2.24, 2.45) is 0 Å². The summed E-state index contributed by atoms with van der Waals surface area (Å²) in [7, 11) is 0. The fourth-order valence-corrected chi connectivity index (χ4v) is 8.70. The van der Waals surface area contributed by atoms with E-state index in [0.717, 1.165) is 17.1 Å². The fraction of sp³-hybridized carbons (Fsp3) is 0. The van der Waals surface area contributed by atoms with Gasteiger partial charge in [-0.15, -0.1) is 11.3 Å². The van der Waals surface area contributed by atoms with Crippen LogP contribution in [0.5, 0.6) is 0 Å². The van der Waals surface area contributed by atoms with Crippen LogP contribution < -0.4 is 4.90 Å². The number of nitrogens with zero attached hydrogens (tertiary/aromatic N) is 2. The zero-order valence-corrected chi connectivity index (χ0v) is 27.4. The Bertz CT molecular complexity index is 2810. The van der Waals surface area contributed by atoms with E-state index in [1.165, 1.54) is 69.6 Å². The maximum Gasteiger partial charge on any atom is 0.0554 e. The van der Waals surface area contributed by atoms with Gasteiger partial charge in [-0.3, -0.25) is 0 Å². The molecule has 0 amide bonds. The van der Waals surface area contributed by atoms with Crippen molar-refractivity contribution in [3.05, 3.63) is 182 Å². The second kappa shape index (κ2) is 11.2. The molecule has 8 aromatic carbocycles. The molecule has 0 spiro atoms. The number of aromatic nitrogens is 1. The summed E-state index contributed by atoms with van der Waals surface area (Å²) in [6.07, 6.45) is 0. The minimum absolute atomic E-state index is 1.12. The molecule has 3 heteroatoms. The summed E-state index contributed by atoms with van der Waals surface area (Å²) >= 11 is 1.86. The average molecular weight is 643 g/mol. The lowest BCUT2D eigenvalue weighted by Gasteiger charge is -2.27. The minimum Gasteiger partial charge on any atom is -0.310 e. The lowest BCUT2D eigenvalue weighted by atomic mass is 10.0. The van der Waals surface area contributed by atoms with Crippen LogP contribution in [0.2, 0.25) is 0 Å². The third kappa shape index (κ3) is 4.47. The molecule has 2 aromatic heterocycles. The molecule has 0 bridgehead atoms. The van der Waals surface area contributed by atoms with Crippen LogP contribution >= 0.6 is 11.3 Å². The summed E-state index contributed by atoms with van der Waals surface area (Å²) in [6, 6.07) is 66.1. The minimum atomic E-state index is 1.12. The van der Waals surface area contributed by atoms with Crippen LogP contribution in [0.25, 0.3) is 69.6 Å². The van der Waals surface area contributed by atoms with E-state index in [-0.39, 0.29) is 0 Å². The van der Waals surface area contributed by atoms with Crippen LogP contribution in [0.3, 0.4) is 0 Å². The highest BCUT2D eigenvalue weighted by atomic mass is 32.1. The van der Waals surface area contributed by atoms with Crippen LogP contribution in [0.15, 0.2) is 182 Å². The van der Waals surface area contributed by atoms with Crippen LogP contribution in [0.1, 0.15) is 0 Å². The van der Waals surface area contributed by atoms with E-state index >= 15 is 0 Å². The van der Waals surface area contributed by atoms with E-state index in [1.54, 1.807) is 0 Å². The van der Waals surface area contributed by atoms with Crippen molar-refractivity contribution < 1.29 is 0 Å². The zero-order chi connectivity index (χ0) is 32.3. The Morgan fingerprint density at radius 1 is 0.388 bits per heavy atom. The number of hydrogen-bond acceptors (Lipinski definition) is 2. The van der Waals surface area contributed by atoms with Crippen molar-refractivity contribution >= 4 is 81.1 Å². The average Bonchev–Trinajstić information content (AvgIpc) is 3.73. The predicted octanol–water partition coefficient (Wildman–Crippen LogP) is 13.4. The number of fused-ring (bicyclic) bond motifs is 8. The summed E-state index contributed by atoms with van der Waals surface area (Å²) in [4.78, 5) is 2.42. The molecule has 0 saturated carbocycles. The Kier molecular flexibility index (Phi) is 6.39. The van der Waals surface area contributed by atoms with Gasteiger partial charge in [0.1, 0.15) is 0 Å². The van der Waals surface area contributed by atoms with E-state index in [9.17, 15) is 0 Å². The molecule has 0 unspecified atom stereocenters. The Balaban J connectivity index is 1.16. The maximum absolute atomic E-state index is 2.42. The van der Waals surface area contributed by atoms with Gasteiger partial charge in [-0.1, -0.05) is 115 Å². The molecule has 2 heterocycles. The third-order valence-corrected chi connectivity index (χ3v) is 10.9. The smallest absolute Gasteiger partial charge is 0.0554 e. The highest BCUT2D eigenvalue weighted by Gasteiger charge is 2.20. The first-order chi connectivity index (χ1) is 24.3. The number of anilines is 3. The highest BCUT2D eigenvalue weighted by Crippen LogP contribution is 2.45. The molecule has 0 N–H and O–H groups in total. The van der Waals surface area contributed by atoms with Gasteiger partial charge in [0.25, 0.3) is 0 Å². The van der Waals surface area contributed by atoms with Crippen molar-refractivity contribution in [2.75, 3.05) is 4.90 Å². The van der Waals surface area contributed by atoms with Gasteiger partial charge in [0.05, 0.1) is 16.7 Å². The van der Waals surface area contributed by atoms with Crippen LogP contribution in [-0.2, 0) is 0 Å². The standard InChI is InChI=1S/C46H30N2S/c1-2-11-31(12-3-1)32-21-24-34(25-22-32)47(41-18-10-20-44-46(41)39-16-7-9-19-43(39)49-44)35-26-28-36(29-27-35)48-40-17-8-6-15-38(40)45-37-14-5-4-13-33(37)23-30-42(45)48/h1-30H. The second-order valence-corrected chi connectivity index (χ2v) is 13.6. The van der Waals surface area contributed by atoms with Gasteiger partial charge in [0.15, 0.2) is 0 Å². The molecular weight excluding hydrogens is 613 g/mol. The summed E-state index contributed by atoms with van der Waals surface area (Å²) < 4.78 is 5.00. The molecule has 0 atom stereocenters. The number of rotatable bonds is 5. The van der Waals surface area contributed by atoms with Crippen LogP contribution in [-0.4, -0.2) is 4.57 Å². The molecule has 10 aromatic rings. The van der Waals surface area contributed by atoms with Crippen LogP contribution in [0, 0.1) is 0 Å². The van der Waals surface area contributed by atoms with E-state index in [4.69, 9.17) is 0 Å². The van der Waals surface area contributed by atoms with Gasteiger partial charge in [-0.05, 0) is 88.6 Å². The SMILES string of the molecule is c1ccc(-c2ccc(N(c3ccc(-n4c5ccccc5c5c6ccccc6ccc54)cc3)c3cccc4sc5ccccc5c34)cc2)cc1. The van der Waals surface area contributed by atoms with Crippen LogP contribution in [0.4, 0.5) is 17.1 Å². The monoisotopic (exact) mass is 642 g/mol. The van der Waals surface area contributed by atoms with Gasteiger partial charge in [-0.2, -0.15) is 0 Å². The lowest BCUT2D eigenvalue weighted by molar-refractivity contribution is 1.17. The molecule has 230 valence electrons. The third-order valence-electron chi connectivity index (χ3n) is 9.78. The predicted molar refractivity (Wildman–Crippen MR) is 211 cm³/mol. The molecule has 0 aliphatic rings. The van der Waals surface area contributed by atoms with Crippen molar-refractivity contribution in [2.45, 2.75) is 0 Å². The van der Waals surface area contributed by atoms with E-state index < -0.39 is 0 Å². The Morgan fingerprint density at radius 3 is 1.84 bits per heavy atom. The van der Waals surface area contributed by atoms with Gasteiger partial charge < -0.3 is 9.47 Å². The molecule has 2 nitrogen and oxygen atoms in total. The molecule has 10 rings (SSSR count). The molecule has 0 radical (unpaired) electrons. The molecule has 0 saturated heterocycles. The summed E-state index contributed by atoms with van der Waals surface area (Å²) in [5.41, 5.74) is 9.42. The number of hydrogen-bond donors (Lipinski definition) is 0. The quantitative estimate of drug-likeness (QED) is 0.181. The Labute approximate surface area is 288 Å². The molecule has 0 aliphatic carbocycles. The van der Waals surface area contributed by atoms with Crippen molar-refractivity contribution in [1.29, 1.82) is 0 Å². The number of para-hydroxylation sites is 1. The van der Waals surface area contributed by atoms with Crippen molar-refractivity contribution in [1.82, 2.24) is 4.57 Å². The van der Waals surface area contributed by atoms with E-state index in [0.29, 0.717) is 0 Å². The molecule has 0 aliphatic heterocycles. The van der Waals surface area contributed by atoms with Gasteiger partial charge in [-0.25, -0.2) is 0 Å². The lowest BCUT2D eigenvalue weighted by Crippen LogP contribution is -2.10. The van der Waals surface area contributed by atoms with Gasteiger partial charge >= 0.3 is 0 Å². The topological polar surface area (TPSA) is 8.17 Å². The first-order valence-corrected chi connectivity index (χ1v) is 17.5. The first kappa shape index (κ1) is 27.9. The molecule has 0 fully saturated rings. The fourth-order valence-electron chi connectivity index (χ4n) is 7.57. The number of thiophene rings is 1. The van der Waals surface area contributed by atoms with Gasteiger partial charge in [0.2, 0.25) is 0 Å². The van der Waals surface area contributed by atoms with E-state index in [1.807, 2.05) is 11.3 Å². The number of benzene rings is 8. The summed E-state index contributed by atoms with van der Waals surface area (Å²) in [5.74, 6) is 0. The Morgan fingerprint density at radius 2 is 1.02 bits per heavy atom. The second-order valence-electron chi connectivity index (χ2n) is 12.5. The largest absolute Gasteiger partial charge is 0.310 e. The normalized spacial score (nSPS) is 11.7. The van der Waals surface area contributed by atoms with Gasteiger partial charge in [0, 0.05) is 48.0 Å².